The highest BCUT2D eigenvalue weighted by Crippen LogP contribution is 2.28. The Labute approximate surface area is 115 Å². The Kier molecular flexibility index (Phi) is 4.81. The molecule has 1 aromatic carbocycles. The van der Waals surface area contributed by atoms with Crippen LogP contribution >= 0.6 is 11.6 Å². The second-order valence-corrected chi connectivity index (χ2v) is 5.45. The topological polar surface area (TPSA) is 15.3 Å². The summed E-state index contributed by atoms with van der Waals surface area (Å²) in [6.07, 6.45) is 1.02. The van der Waals surface area contributed by atoms with Crippen LogP contribution in [0.2, 0.25) is 5.02 Å². The van der Waals surface area contributed by atoms with Crippen LogP contribution in [0.5, 0.6) is 0 Å². The standard InChI is InChI=1S/C15H21ClN2/c1-12(2)11-15(18-9-7-17-8-10-18)13-3-5-14(16)6-4-13/h3-6,15,17H,1,7-11H2,2H3/t15-/m0/s1. The molecule has 2 nitrogen and oxygen atoms in total. The van der Waals surface area contributed by atoms with Gasteiger partial charge in [-0.2, -0.15) is 0 Å². The van der Waals surface area contributed by atoms with Crippen molar-refractivity contribution in [2.75, 3.05) is 26.2 Å². The predicted octanol–water partition coefficient (Wildman–Crippen LogP) is 3.25. The maximum atomic E-state index is 5.97. The Balaban J connectivity index is 2.17. The minimum Gasteiger partial charge on any atom is -0.314 e. The highest BCUT2D eigenvalue weighted by atomic mass is 35.5. The Morgan fingerprint density at radius 2 is 1.94 bits per heavy atom. The second kappa shape index (κ2) is 6.37. The van der Waals surface area contributed by atoms with Crippen LogP contribution in [-0.2, 0) is 0 Å². The molecule has 0 amide bonds. The van der Waals surface area contributed by atoms with E-state index in [2.05, 4.69) is 35.9 Å². The monoisotopic (exact) mass is 264 g/mol. The van der Waals surface area contributed by atoms with E-state index in [0.29, 0.717) is 6.04 Å². The third-order valence-electron chi connectivity index (χ3n) is 3.39. The molecule has 1 aromatic rings. The van der Waals surface area contributed by atoms with Gasteiger partial charge in [0.2, 0.25) is 0 Å². The number of piperazine rings is 1. The smallest absolute Gasteiger partial charge is 0.0406 e. The van der Waals surface area contributed by atoms with Crippen molar-refractivity contribution in [3.63, 3.8) is 0 Å². The van der Waals surface area contributed by atoms with Crippen molar-refractivity contribution in [1.82, 2.24) is 10.2 Å². The van der Waals surface area contributed by atoms with E-state index in [9.17, 15) is 0 Å². The zero-order valence-electron chi connectivity index (χ0n) is 11.0. The molecule has 98 valence electrons. The largest absolute Gasteiger partial charge is 0.314 e. The lowest BCUT2D eigenvalue weighted by Gasteiger charge is -2.35. The molecule has 1 atom stereocenters. The third-order valence-corrected chi connectivity index (χ3v) is 3.64. The van der Waals surface area contributed by atoms with Gasteiger partial charge in [0.05, 0.1) is 0 Å². The molecule has 2 rings (SSSR count). The summed E-state index contributed by atoms with van der Waals surface area (Å²) in [5, 5.41) is 4.20. The van der Waals surface area contributed by atoms with E-state index in [1.165, 1.54) is 11.1 Å². The predicted molar refractivity (Wildman–Crippen MR) is 78.1 cm³/mol. The van der Waals surface area contributed by atoms with Gasteiger partial charge >= 0.3 is 0 Å². The number of hydrogen-bond acceptors (Lipinski definition) is 2. The number of rotatable bonds is 4. The average Bonchev–Trinajstić information content (AvgIpc) is 2.38. The summed E-state index contributed by atoms with van der Waals surface area (Å²) < 4.78 is 0. The molecule has 0 saturated carbocycles. The number of nitrogens with zero attached hydrogens (tertiary/aromatic N) is 1. The van der Waals surface area contributed by atoms with Gasteiger partial charge in [-0.3, -0.25) is 4.90 Å². The Morgan fingerprint density at radius 1 is 1.33 bits per heavy atom. The van der Waals surface area contributed by atoms with E-state index in [4.69, 9.17) is 11.6 Å². The van der Waals surface area contributed by atoms with Gasteiger partial charge in [-0.05, 0) is 31.0 Å². The average molecular weight is 265 g/mol. The van der Waals surface area contributed by atoms with E-state index < -0.39 is 0 Å². The first kappa shape index (κ1) is 13.6. The van der Waals surface area contributed by atoms with Crippen molar-refractivity contribution < 1.29 is 0 Å². The third kappa shape index (κ3) is 3.58. The van der Waals surface area contributed by atoms with Gasteiger partial charge in [0.1, 0.15) is 0 Å². The molecular formula is C15H21ClN2. The maximum Gasteiger partial charge on any atom is 0.0406 e. The van der Waals surface area contributed by atoms with Crippen LogP contribution < -0.4 is 5.32 Å². The van der Waals surface area contributed by atoms with E-state index in [-0.39, 0.29) is 0 Å². The molecule has 3 heteroatoms. The Morgan fingerprint density at radius 3 is 2.50 bits per heavy atom. The summed E-state index contributed by atoms with van der Waals surface area (Å²) in [5.74, 6) is 0. The van der Waals surface area contributed by atoms with Crippen molar-refractivity contribution in [3.8, 4) is 0 Å². The lowest BCUT2D eigenvalue weighted by molar-refractivity contribution is 0.172. The molecule has 0 spiro atoms. The quantitative estimate of drug-likeness (QED) is 0.840. The SMILES string of the molecule is C=C(C)C[C@@H](c1ccc(Cl)cc1)N1CCNCC1. The fourth-order valence-electron chi connectivity index (χ4n) is 2.47. The summed E-state index contributed by atoms with van der Waals surface area (Å²) in [6.45, 7) is 10.5. The summed E-state index contributed by atoms with van der Waals surface area (Å²) >= 11 is 5.97. The Bertz CT molecular complexity index is 393. The molecule has 0 bridgehead atoms. The van der Waals surface area contributed by atoms with Crippen molar-refractivity contribution in [2.45, 2.75) is 19.4 Å². The van der Waals surface area contributed by atoms with E-state index >= 15 is 0 Å². The first-order valence-electron chi connectivity index (χ1n) is 6.51. The number of halogens is 1. The molecule has 1 fully saturated rings. The first-order valence-corrected chi connectivity index (χ1v) is 6.89. The van der Waals surface area contributed by atoms with Crippen LogP contribution in [0.1, 0.15) is 24.9 Å². The summed E-state index contributed by atoms with van der Waals surface area (Å²) in [4.78, 5) is 2.54. The lowest BCUT2D eigenvalue weighted by Crippen LogP contribution is -2.45. The van der Waals surface area contributed by atoms with Crippen molar-refractivity contribution >= 4 is 11.6 Å². The number of hydrogen-bond donors (Lipinski definition) is 1. The molecule has 18 heavy (non-hydrogen) atoms. The summed E-state index contributed by atoms with van der Waals surface area (Å²) in [5.41, 5.74) is 2.57. The van der Waals surface area contributed by atoms with Gasteiger partial charge in [-0.25, -0.2) is 0 Å². The van der Waals surface area contributed by atoms with Crippen LogP contribution in [-0.4, -0.2) is 31.1 Å². The zero-order valence-corrected chi connectivity index (χ0v) is 11.7. The van der Waals surface area contributed by atoms with Crippen LogP contribution in [0, 0.1) is 0 Å². The molecule has 1 aliphatic rings. The highest BCUT2D eigenvalue weighted by Gasteiger charge is 2.21. The van der Waals surface area contributed by atoms with E-state index in [0.717, 1.165) is 37.6 Å². The normalized spacial score (nSPS) is 18.6. The van der Waals surface area contributed by atoms with E-state index in [1.54, 1.807) is 0 Å². The van der Waals surface area contributed by atoms with Crippen molar-refractivity contribution in [1.29, 1.82) is 0 Å². The van der Waals surface area contributed by atoms with Crippen LogP contribution in [0.15, 0.2) is 36.4 Å². The molecule has 1 heterocycles. The van der Waals surface area contributed by atoms with Crippen molar-refractivity contribution in [3.05, 3.63) is 47.0 Å². The second-order valence-electron chi connectivity index (χ2n) is 5.01. The zero-order chi connectivity index (χ0) is 13.0. The van der Waals surface area contributed by atoms with Crippen LogP contribution in [0.25, 0.3) is 0 Å². The van der Waals surface area contributed by atoms with Gasteiger partial charge in [-0.15, -0.1) is 6.58 Å². The summed E-state index contributed by atoms with van der Waals surface area (Å²) in [7, 11) is 0. The molecular weight excluding hydrogens is 244 g/mol. The fourth-order valence-corrected chi connectivity index (χ4v) is 2.59. The fraction of sp³-hybridized carbons (Fsp3) is 0.467. The molecule has 0 radical (unpaired) electrons. The number of nitrogens with one attached hydrogen (secondary N) is 1. The summed E-state index contributed by atoms with van der Waals surface area (Å²) in [6, 6.07) is 8.66. The molecule has 1 saturated heterocycles. The van der Waals surface area contributed by atoms with E-state index in [1.807, 2.05) is 12.1 Å². The molecule has 0 aliphatic carbocycles. The molecule has 0 aromatic heterocycles. The maximum absolute atomic E-state index is 5.97. The highest BCUT2D eigenvalue weighted by molar-refractivity contribution is 6.30. The van der Waals surface area contributed by atoms with Crippen molar-refractivity contribution in [2.24, 2.45) is 0 Å². The Hall–Kier alpha value is -0.830. The van der Waals surface area contributed by atoms with Gasteiger partial charge in [0.15, 0.2) is 0 Å². The van der Waals surface area contributed by atoms with Crippen LogP contribution in [0.4, 0.5) is 0 Å². The van der Waals surface area contributed by atoms with Gasteiger partial charge in [-0.1, -0.05) is 29.3 Å². The minimum atomic E-state index is 0.432. The van der Waals surface area contributed by atoms with Gasteiger partial charge in [0.25, 0.3) is 0 Å². The molecule has 1 aliphatic heterocycles. The van der Waals surface area contributed by atoms with Crippen LogP contribution in [0.3, 0.4) is 0 Å². The van der Waals surface area contributed by atoms with Gasteiger partial charge in [0, 0.05) is 37.2 Å². The minimum absolute atomic E-state index is 0.432. The van der Waals surface area contributed by atoms with Gasteiger partial charge < -0.3 is 5.32 Å². The number of benzene rings is 1. The molecule has 0 unspecified atom stereocenters. The molecule has 1 N–H and O–H groups in total. The first-order chi connectivity index (χ1) is 8.66. The lowest BCUT2D eigenvalue weighted by atomic mass is 9.98.